The quantitative estimate of drug-likeness (QED) is 0.595. The number of carbonyl (C=O) groups excluding carboxylic acids is 1. The summed E-state index contributed by atoms with van der Waals surface area (Å²) < 4.78 is 32.3. The van der Waals surface area contributed by atoms with E-state index in [1.165, 1.54) is 35.5 Å². The van der Waals surface area contributed by atoms with Crippen LogP contribution in [-0.4, -0.2) is 46.6 Å². The van der Waals surface area contributed by atoms with Crippen molar-refractivity contribution in [3.05, 3.63) is 29.3 Å². The Kier molecular flexibility index (Phi) is 5.39. The number of ether oxygens (including phenoxy) is 6. The van der Waals surface area contributed by atoms with E-state index in [1.54, 1.807) is 18.2 Å². The number of fused-ring (bicyclic) bond motifs is 1. The predicted molar refractivity (Wildman–Crippen MR) is 99.4 cm³/mol. The van der Waals surface area contributed by atoms with Gasteiger partial charge in [-0.05, 0) is 17.7 Å². The maximum Gasteiger partial charge on any atom is 0.312 e. The van der Waals surface area contributed by atoms with Crippen LogP contribution in [0.3, 0.4) is 0 Å². The minimum atomic E-state index is -0.436. The highest BCUT2D eigenvalue weighted by Gasteiger charge is 2.36. The van der Waals surface area contributed by atoms with Crippen LogP contribution >= 0.6 is 0 Å². The molecule has 0 fully saturated rings. The minimum absolute atomic E-state index is 0.0654. The lowest BCUT2D eigenvalue weighted by Crippen LogP contribution is -2.22. The number of esters is 1. The van der Waals surface area contributed by atoms with Crippen LogP contribution in [0, 0.1) is 0 Å². The van der Waals surface area contributed by atoms with Gasteiger partial charge in [-0.2, -0.15) is 0 Å². The molecule has 0 unspecified atom stereocenters. The van der Waals surface area contributed by atoms with Crippen LogP contribution in [0.4, 0.5) is 0 Å². The van der Waals surface area contributed by atoms with Gasteiger partial charge in [-0.15, -0.1) is 0 Å². The Morgan fingerprint density at radius 1 is 0.857 bits per heavy atom. The molecule has 0 saturated heterocycles. The number of carbonyl (C=O) groups is 1. The summed E-state index contributed by atoms with van der Waals surface area (Å²) in [6.45, 7) is 0. The second-order valence-corrected chi connectivity index (χ2v) is 6.06. The zero-order chi connectivity index (χ0) is 20.4. The van der Waals surface area contributed by atoms with Gasteiger partial charge in [0.25, 0.3) is 0 Å². The van der Waals surface area contributed by atoms with Crippen LogP contribution in [0.1, 0.15) is 23.5 Å². The van der Waals surface area contributed by atoms with Gasteiger partial charge in [-0.3, -0.25) is 4.79 Å². The molecule has 0 saturated carbocycles. The van der Waals surface area contributed by atoms with Crippen molar-refractivity contribution in [1.82, 2.24) is 0 Å². The number of phenolic OH excluding ortho intramolecular Hbond substituents is 1. The summed E-state index contributed by atoms with van der Waals surface area (Å²) in [6.07, 6.45) is 0.0654. The highest BCUT2D eigenvalue weighted by atomic mass is 16.5. The Morgan fingerprint density at radius 2 is 1.43 bits per heavy atom. The van der Waals surface area contributed by atoms with Gasteiger partial charge in [0.15, 0.2) is 23.0 Å². The number of benzene rings is 2. The Balaban J connectivity index is 2.28. The first kappa shape index (κ1) is 19.5. The van der Waals surface area contributed by atoms with Crippen LogP contribution in [0.15, 0.2) is 18.2 Å². The normalized spacial score (nSPS) is 15.3. The molecule has 8 heteroatoms. The van der Waals surface area contributed by atoms with Crippen molar-refractivity contribution >= 4 is 5.97 Å². The topological polar surface area (TPSA) is 92.7 Å². The van der Waals surface area contributed by atoms with Gasteiger partial charge >= 0.3 is 5.97 Å². The molecule has 0 aliphatic carbocycles. The van der Waals surface area contributed by atoms with E-state index in [0.717, 1.165) is 0 Å². The fraction of sp³-hybridized carbons (Fsp3) is 0.350. The molecule has 0 bridgehead atoms. The van der Waals surface area contributed by atoms with Gasteiger partial charge in [0.2, 0.25) is 11.5 Å². The number of hydrogen-bond donors (Lipinski definition) is 1. The van der Waals surface area contributed by atoms with Crippen LogP contribution in [0.5, 0.6) is 40.2 Å². The summed E-state index contributed by atoms with van der Waals surface area (Å²) in [5.74, 6) is 1.00. The van der Waals surface area contributed by atoms with Gasteiger partial charge in [0.1, 0.15) is 5.75 Å². The number of aromatic hydroxyl groups is 1. The molecule has 0 spiro atoms. The summed E-state index contributed by atoms with van der Waals surface area (Å²) in [5.41, 5.74) is 1.32. The molecule has 1 aliphatic rings. The average molecular weight is 390 g/mol. The van der Waals surface area contributed by atoms with E-state index in [1.807, 2.05) is 0 Å². The molecule has 0 radical (unpaired) electrons. The van der Waals surface area contributed by atoms with E-state index in [9.17, 15) is 9.90 Å². The zero-order valence-corrected chi connectivity index (χ0v) is 16.3. The molecule has 3 rings (SSSR count). The fourth-order valence-electron chi connectivity index (χ4n) is 3.40. The first-order valence-electron chi connectivity index (χ1n) is 8.47. The Labute approximate surface area is 162 Å². The van der Waals surface area contributed by atoms with Gasteiger partial charge in [0, 0.05) is 17.5 Å². The predicted octanol–water partition coefficient (Wildman–Crippen LogP) is 2.88. The zero-order valence-electron chi connectivity index (χ0n) is 16.3. The van der Waals surface area contributed by atoms with E-state index in [-0.39, 0.29) is 23.7 Å². The summed E-state index contributed by atoms with van der Waals surface area (Å²) in [5, 5.41) is 10.2. The molecule has 1 aliphatic heterocycles. The third-order valence-corrected chi connectivity index (χ3v) is 4.68. The maximum atomic E-state index is 12.3. The Hall–Kier alpha value is -3.29. The number of rotatable bonds is 6. The van der Waals surface area contributed by atoms with Crippen LogP contribution in [0.2, 0.25) is 0 Å². The van der Waals surface area contributed by atoms with Gasteiger partial charge in [-0.25, -0.2) is 0 Å². The average Bonchev–Trinajstić information content (AvgIpc) is 2.71. The molecule has 2 aromatic carbocycles. The lowest BCUT2D eigenvalue weighted by Gasteiger charge is -2.29. The third-order valence-electron chi connectivity index (χ3n) is 4.68. The van der Waals surface area contributed by atoms with Crippen LogP contribution < -0.4 is 28.4 Å². The lowest BCUT2D eigenvalue weighted by atomic mass is 9.85. The van der Waals surface area contributed by atoms with E-state index in [4.69, 9.17) is 28.4 Å². The molecule has 8 nitrogen and oxygen atoms in total. The highest BCUT2D eigenvalue weighted by molar-refractivity contribution is 5.81. The SMILES string of the molecule is COc1cc([C@@H]2CC(=O)Oc3cc(OC)c(OC)c(OC)c32)cc(OC)c1O. The standard InChI is InChI=1S/C20H22O8/c1-23-13-6-10(7-14(24-2)18(13)22)11-8-16(21)28-12-9-15(25-3)19(26-4)20(27-5)17(11)12/h6-7,9,11,22H,8H2,1-5H3/t11-/m0/s1. The molecule has 1 heterocycles. The van der Waals surface area contributed by atoms with Crippen molar-refractivity contribution in [2.75, 3.05) is 35.5 Å². The molecular formula is C20H22O8. The minimum Gasteiger partial charge on any atom is -0.502 e. The third kappa shape index (κ3) is 3.11. The van der Waals surface area contributed by atoms with E-state index in [2.05, 4.69) is 0 Å². The van der Waals surface area contributed by atoms with Crippen LogP contribution in [-0.2, 0) is 4.79 Å². The van der Waals surface area contributed by atoms with Crippen molar-refractivity contribution in [1.29, 1.82) is 0 Å². The van der Waals surface area contributed by atoms with Crippen LogP contribution in [0.25, 0.3) is 0 Å². The summed E-state index contributed by atoms with van der Waals surface area (Å²) in [4.78, 5) is 12.3. The van der Waals surface area contributed by atoms with Crippen molar-refractivity contribution in [3.8, 4) is 40.2 Å². The molecule has 150 valence electrons. The Morgan fingerprint density at radius 3 is 1.93 bits per heavy atom. The monoisotopic (exact) mass is 390 g/mol. The van der Waals surface area contributed by atoms with Crippen molar-refractivity contribution in [3.63, 3.8) is 0 Å². The molecule has 1 N–H and O–H groups in total. The summed E-state index contributed by atoms with van der Waals surface area (Å²) >= 11 is 0. The smallest absolute Gasteiger partial charge is 0.312 e. The van der Waals surface area contributed by atoms with Gasteiger partial charge in [-0.1, -0.05) is 0 Å². The highest BCUT2D eigenvalue weighted by Crippen LogP contribution is 2.53. The molecule has 0 amide bonds. The van der Waals surface area contributed by atoms with Crippen molar-refractivity contribution in [2.24, 2.45) is 0 Å². The maximum absolute atomic E-state index is 12.3. The second kappa shape index (κ2) is 7.75. The molecule has 1 atom stereocenters. The number of phenols is 1. The molecular weight excluding hydrogens is 368 g/mol. The first-order chi connectivity index (χ1) is 13.5. The Bertz CT molecular complexity index is 881. The fourth-order valence-corrected chi connectivity index (χ4v) is 3.40. The van der Waals surface area contributed by atoms with E-state index < -0.39 is 11.9 Å². The molecule has 0 aromatic heterocycles. The van der Waals surface area contributed by atoms with Gasteiger partial charge in [0.05, 0.1) is 42.0 Å². The number of methoxy groups -OCH3 is 5. The summed E-state index contributed by atoms with van der Waals surface area (Å²) in [6, 6.07) is 4.90. The molecule has 2 aromatic rings. The second-order valence-electron chi connectivity index (χ2n) is 6.06. The largest absolute Gasteiger partial charge is 0.502 e. The van der Waals surface area contributed by atoms with Crippen molar-refractivity contribution < 1.29 is 38.3 Å². The lowest BCUT2D eigenvalue weighted by molar-refractivity contribution is -0.135. The summed E-state index contributed by atoms with van der Waals surface area (Å²) in [7, 11) is 7.37. The van der Waals surface area contributed by atoms with Gasteiger partial charge < -0.3 is 33.5 Å². The van der Waals surface area contributed by atoms with E-state index >= 15 is 0 Å². The first-order valence-corrected chi connectivity index (χ1v) is 8.47. The van der Waals surface area contributed by atoms with Crippen molar-refractivity contribution in [2.45, 2.75) is 12.3 Å². The number of hydrogen-bond acceptors (Lipinski definition) is 8. The van der Waals surface area contributed by atoms with E-state index in [0.29, 0.717) is 34.1 Å². The molecule has 28 heavy (non-hydrogen) atoms.